The minimum absolute atomic E-state index is 0. The highest BCUT2D eigenvalue weighted by Crippen LogP contribution is 2.28. The minimum atomic E-state index is 0. The lowest BCUT2D eigenvalue weighted by Gasteiger charge is -1.87. The van der Waals surface area contributed by atoms with Crippen molar-refractivity contribution in [2.75, 3.05) is 13.7 Å². The molecule has 0 N–H and O–H groups in total. The molecular formula is C5H12OS. The molecule has 1 nitrogen and oxygen atoms in total. The van der Waals surface area contributed by atoms with Crippen molar-refractivity contribution in [3.63, 3.8) is 0 Å². The number of ether oxygens (including phenoxy) is 1. The third-order valence-electron chi connectivity index (χ3n) is 1.10. The molecule has 0 atom stereocenters. The summed E-state index contributed by atoms with van der Waals surface area (Å²) in [6, 6.07) is 0. The van der Waals surface area contributed by atoms with Crippen molar-refractivity contribution in [1.82, 2.24) is 0 Å². The summed E-state index contributed by atoms with van der Waals surface area (Å²) in [6.45, 7) is 0.986. The van der Waals surface area contributed by atoms with Gasteiger partial charge in [-0.15, -0.1) is 0 Å². The van der Waals surface area contributed by atoms with E-state index in [4.69, 9.17) is 4.74 Å². The first kappa shape index (κ1) is 7.31. The van der Waals surface area contributed by atoms with Crippen molar-refractivity contribution in [2.45, 2.75) is 12.8 Å². The minimum Gasteiger partial charge on any atom is -0.384 e. The molecule has 0 aliphatic heterocycles. The van der Waals surface area contributed by atoms with Crippen molar-refractivity contribution in [1.29, 1.82) is 0 Å². The van der Waals surface area contributed by atoms with Gasteiger partial charge in [0.25, 0.3) is 0 Å². The zero-order chi connectivity index (χ0) is 4.41. The molecule has 1 aliphatic carbocycles. The van der Waals surface area contributed by atoms with Gasteiger partial charge in [0.05, 0.1) is 0 Å². The van der Waals surface area contributed by atoms with Crippen LogP contribution in [0.1, 0.15) is 12.8 Å². The molecule has 1 fully saturated rings. The Morgan fingerprint density at radius 3 is 2.29 bits per heavy atom. The number of methoxy groups -OCH3 is 1. The second-order valence-corrected chi connectivity index (χ2v) is 1.90. The van der Waals surface area contributed by atoms with Gasteiger partial charge in [-0.25, -0.2) is 0 Å². The Hall–Kier alpha value is 0.310. The molecule has 0 aromatic carbocycles. The van der Waals surface area contributed by atoms with Crippen molar-refractivity contribution in [3.8, 4) is 0 Å². The Bertz CT molecular complexity index is 43.3. The fraction of sp³-hybridized carbons (Fsp3) is 1.00. The number of hydrogen-bond acceptors (Lipinski definition) is 1. The van der Waals surface area contributed by atoms with Gasteiger partial charge in [0.2, 0.25) is 0 Å². The summed E-state index contributed by atoms with van der Waals surface area (Å²) in [6.07, 6.45) is 2.79. The molecule has 0 heterocycles. The standard InChI is InChI=1S/C5H10O.H2S/c1-6-4-5-2-3-5;/h5H,2-4H2,1H3;1H2. The van der Waals surface area contributed by atoms with Gasteiger partial charge in [0.1, 0.15) is 0 Å². The van der Waals surface area contributed by atoms with Crippen LogP contribution in [0.4, 0.5) is 0 Å². The van der Waals surface area contributed by atoms with Crippen LogP contribution >= 0.6 is 13.5 Å². The maximum absolute atomic E-state index is 4.87. The van der Waals surface area contributed by atoms with Gasteiger partial charge in [-0.1, -0.05) is 0 Å². The Morgan fingerprint density at radius 2 is 2.14 bits per heavy atom. The van der Waals surface area contributed by atoms with E-state index < -0.39 is 0 Å². The van der Waals surface area contributed by atoms with Crippen LogP contribution in [0, 0.1) is 5.92 Å². The molecule has 0 unspecified atom stereocenters. The SMILES string of the molecule is COCC1CC1.S. The van der Waals surface area contributed by atoms with E-state index in [1.54, 1.807) is 7.11 Å². The van der Waals surface area contributed by atoms with E-state index in [9.17, 15) is 0 Å². The largest absolute Gasteiger partial charge is 0.384 e. The van der Waals surface area contributed by atoms with E-state index in [-0.39, 0.29) is 13.5 Å². The molecule has 2 heteroatoms. The summed E-state index contributed by atoms with van der Waals surface area (Å²) >= 11 is 0. The van der Waals surface area contributed by atoms with Gasteiger partial charge in [-0.2, -0.15) is 13.5 Å². The first-order chi connectivity index (χ1) is 2.93. The topological polar surface area (TPSA) is 9.23 Å². The predicted molar refractivity (Wildman–Crippen MR) is 35.0 cm³/mol. The molecule has 0 amide bonds. The Labute approximate surface area is 51.5 Å². The van der Waals surface area contributed by atoms with Crippen molar-refractivity contribution < 1.29 is 4.74 Å². The second kappa shape index (κ2) is 3.33. The molecule has 44 valence electrons. The van der Waals surface area contributed by atoms with Crippen LogP contribution in [0.5, 0.6) is 0 Å². The monoisotopic (exact) mass is 120 g/mol. The van der Waals surface area contributed by atoms with Gasteiger partial charge >= 0.3 is 0 Å². The zero-order valence-corrected chi connectivity index (χ0v) is 5.61. The Balaban J connectivity index is 0.000000360. The molecule has 1 aliphatic rings. The lowest BCUT2D eigenvalue weighted by atomic mass is 10.5. The fourth-order valence-electron chi connectivity index (χ4n) is 0.520. The first-order valence-electron chi connectivity index (χ1n) is 2.42. The summed E-state index contributed by atoms with van der Waals surface area (Å²) in [5, 5.41) is 0. The van der Waals surface area contributed by atoms with Gasteiger partial charge in [-0.05, 0) is 18.8 Å². The first-order valence-corrected chi connectivity index (χ1v) is 2.42. The molecule has 0 bridgehead atoms. The molecule has 0 aromatic rings. The molecule has 0 spiro atoms. The van der Waals surface area contributed by atoms with Gasteiger partial charge < -0.3 is 4.74 Å². The normalized spacial score (nSPS) is 18.4. The molecule has 1 rings (SSSR count). The highest BCUT2D eigenvalue weighted by Gasteiger charge is 2.19. The maximum atomic E-state index is 4.87. The van der Waals surface area contributed by atoms with E-state index >= 15 is 0 Å². The van der Waals surface area contributed by atoms with E-state index in [1.165, 1.54) is 12.8 Å². The van der Waals surface area contributed by atoms with Crippen LogP contribution in [0.3, 0.4) is 0 Å². The molecule has 0 aromatic heterocycles. The van der Waals surface area contributed by atoms with Crippen LogP contribution < -0.4 is 0 Å². The molecule has 0 saturated heterocycles. The van der Waals surface area contributed by atoms with E-state index in [2.05, 4.69) is 0 Å². The van der Waals surface area contributed by atoms with Crippen molar-refractivity contribution in [3.05, 3.63) is 0 Å². The number of hydrogen-bond donors (Lipinski definition) is 0. The lowest BCUT2D eigenvalue weighted by Crippen LogP contribution is -1.87. The van der Waals surface area contributed by atoms with E-state index in [0.29, 0.717) is 0 Å². The highest BCUT2D eigenvalue weighted by atomic mass is 32.1. The second-order valence-electron chi connectivity index (χ2n) is 1.90. The summed E-state index contributed by atoms with van der Waals surface area (Å²) < 4.78 is 4.87. The summed E-state index contributed by atoms with van der Waals surface area (Å²) in [5.74, 6) is 0.926. The zero-order valence-electron chi connectivity index (χ0n) is 4.61. The molecule has 1 saturated carbocycles. The Kier molecular flexibility index (Phi) is 3.48. The van der Waals surface area contributed by atoms with E-state index in [1.807, 2.05) is 0 Å². The summed E-state index contributed by atoms with van der Waals surface area (Å²) in [5.41, 5.74) is 0. The average molecular weight is 120 g/mol. The van der Waals surface area contributed by atoms with Crippen LogP contribution in [0.15, 0.2) is 0 Å². The third kappa shape index (κ3) is 2.94. The smallest absolute Gasteiger partial charge is 0.0490 e. The van der Waals surface area contributed by atoms with Crippen LogP contribution in [0.25, 0.3) is 0 Å². The van der Waals surface area contributed by atoms with Crippen molar-refractivity contribution >= 4 is 13.5 Å². The third-order valence-corrected chi connectivity index (χ3v) is 1.10. The lowest BCUT2D eigenvalue weighted by molar-refractivity contribution is 0.186. The molecule has 7 heavy (non-hydrogen) atoms. The summed E-state index contributed by atoms with van der Waals surface area (Å²) in [7, 11) is 1.76. The van der Waals surface area contributed by atoms with Gasteiger partial charge in [-0.3, -0.25) is 0 Å². The van der Waals surface area contributed by atoms with Crippen LogP contribution in [-0.4, -0.2) is 13.7 Å². The number of rotatable bonds is 2. The van der Waals surface area contributed by atoms with Gasteiger partial charge in [0, 0.05) is 13.7 Å². The maximum Gasteiger partial charge on any atom is 0.0490 e. The van der Waals surface area contributed by atoms with Crippen LogP contribution in [0.2, 0.25) is 0 Å². The fourth-order valence-corrected chi connectivity index (χ4v) is 0.520. The average Bonchev–Trinajstić information content (AvgIpc) is 2.21. The highest BCUT2D eigenvalue weighted by molar-refractivity contribution is 7.59. The molecule has 0 radical (unpaired) electrons. The van der Waals surface area contributed by atoms with Crippen LogP contribution in [-0.2, 0) is 4.74 Å². The quantitative estimate of drug-likeness (QED) is 0.531. The predicted octanol–water partition coefficient (Wildman–Crippen LogP) is 1.16. The van der Waals surface area contributed by atoms with Crippen molar-refractivity contribution in [2.24, 2.45) is 5.92 Å². The van der Waals surface area contributed by atoms with E-state index in [0.717, 1.165) is 12.5 Å². The molecular weight excluding hydrogens is 108 g/mol. The van der Waals surface area contributed by atoms with Gasteiger partial charge in [0.15, 0.2) is 0 Å². The summed E-state index contributed by atoms with van der Waals surface area (Å²) in [4.78, 5) is 0. The Morgan fingerprint density at radius 1 is 1.57 bits per heavy atom.